The van der Waals surface area contributed by atoms with Crippen molar-refractivity contribution in [2.24, 2.45) is 0 Å². The van der Waals surface area contributed by atoms with Crippen molar-refractivity contribution >= 4 is 13.7 Å². The Labute approximate surface area is 405 Å². The summed E-state index contributed by atoms with van der Waals surface area (Å²) in [6.07, 6.45) is 58.8. The molecule has 3 unspecified atom stereocenters. The number of quaternary nitrogens is 1. The van der Waals surface area contributed by atoms with Crippen LogP contribution in [0.25, 0.3) is 0 Å². The number of likely N-dealkylation sites (N-methyl/N-ethyl adjacent to an activating group) is 1. The zero-order valence-electron chi connectivity index (χ0n) is 44.3. The second-order valence-corrected chi connectivity index (χ2v) is 22.5. The monoisotopic (exact) mass is 942 g/mol. The summed E-state index contributed by atoms with van der Waals surface area (Å²) in [6, 6.07) is -0.842. The lowest BCUT2D eigenvalue weighted by Crippen LogP contribution is -2.45. The number of aliphatic hydroxyl groups excluding tert-OH is 1. The van der Waals surface area contributed by atoms with E-state index in [1.807, 2.05) is 27.2 Å². The summed E-state index contributed by atoms with van der Waals surface area (Å²) in [7, 11) is 1.59. The highest BCUT2D eigenvalue weighted by atomic mass is 31.2. The molecule has 0 fully saturated rings. The molecule has 0 spiro atoms. The van der Waals surface area contributed by atoms with Gasteiger partial charge in [0.15, 0.2) is 0 Å². The quantitative estimate of drug-likeness (QED) is 0.0243. The highest BCUT2D eigenvalue weighted by Gasteiger charge is 2.27. The highest BCUT2D eigenvalue weighted by molar-refractivity contribution is 7.47. The Balaban J connectivity index is 4.19. The molecule has 388 valence electrons. The van der Waals surface area contributed by atoms with Crippen LogP contribution in [0, 0.1) is 0 Å². The first kappa shape index (κ1) is 64.2. The van der Waals surface area contributed by atoms with Crippen LogP contribution in [0.5, 0.6) is 0 Å². The van der Waals surface area contributed by atoms with Gasteiger partial charge in [-0.3, -0.25) is 13.8 Å². The van der Waals surface area contributed by atoms with Crippen molar-refractivity contribution in [3.63, 3.8) is 0 Å². The molecule has 0 aliphatic carbocycles. The van der Waals surface area contributed by atoms with Gasteiger partial charge in [0, 0.05) is 6.42 Å². The topological polar surface area (TPSA) is 105 Å². The lowest BCUT2D eigenvalue weighted by Gasteiger charge is -2.25. The molecule has 0 rings (SSSR count). The minimum Gasteiger partial charge on any atom is -0.387 e. The number of hydrogen-bond acceptors (Lipinski definition) is 5. The largest absolute Gasteiger partial charge is 0.472 e. The Kier molecular flexibility index (Phi) is 47.7. The number of rotatable bonds is 53. The van der Waals surface area contributed by atoms with Crippen LogP contribution >= 0.6 is 7.82 Å². The molecule has 0 heterocycles. The molecule has 0 aliphatic rings. The summed E-state index contributed by atoms with van der Waals surface area (Å²) >= 11 is 0. The third-order valence-corrected chi connectivity index (χ3v) is 14.2. The molecule has 0 saturated heterocycles. The first-order valence-electron chi connectivity index (χ1n) is 28.6. The van der Waals surface area contributed by atoms with Gasteiger partial charge in [0.25, 0.3) is 0 Å². The van der Waals surface area contributed by atoms with E-state index in [-0.39, 0.29) is 19.1 Å². The van der Waals surface area contributed by atoms with E-state index in [0.29, 0.717) is 17.4 Å². The SMILES string of the molecule is CCCCCCCCCCCCCCCCCCCCCCCC/C=C/C(O)C(COP(=O)(O)OCC[N+](C)(C)C)NC(=O)CCCCCCCCCCCCCCCCCCCCC. The van der Waals surface area contributed by atoms with E-state index in [0.717, 1.165) is 32.1 Å². The maximum absolute atomic E-state index is 13.0. The van der Waals surface area contributed by atoms with E-state index < -0.39 is 20.0 Å². The number of aliphatic hydroxyl groups is 1. The van der Waals surface area contributed by atoms with E-state index >= 15 is 0 Å². The molecule has 8 nitrogen and oxygen atoms in total. The fourth-order valence-corrected chi connectivity index (χ4v) is 9.49. The van der Waals surface area contributed by atoms with Gasteiger partial charge in [0.1, 0.15) is 13.2 Å². The molecule has 0 bridgehead atoms. The molecule has 65 heavy (non-hydrogen) atoms. The molecule has 3 N–H and O–H groups in total. The summed E-state index contributed by atoms with van der Waals surface area (Å²) in [6.45, 7) is 4.87. The number of carbonyl (C=O) groups excluding carboxylic acids is 1. The normalized spacial score (nSPS) is 14.0. The molecular formula is C56H114N2O6P+. The fraction of sp³-hybridized carbons (Fsp3) is 0.946. The number of carbonyl (C=O) groups is 1. The summed E-state index contributed by atoms with van der Waals surface area (Å²) in [5.74, 6) is -0.170. The van der Waals surface area contributed by atoms with Crippen molar-refractivity contribution in [2.75, 3.05) is 40.9 Å². The molecule has 3 atom stereocenters. The van der Waals surface area contributed by atoms with Gasteiger partial charge in [-0.2, -0.15) is 0 Å². The second-order valence-electron chi connectivity index (χ2n) is 21.0. The van der Waals surface area contributed by atoms with E-state index in [1.165, 1.54) is 238 Å². The van der Waals surface area contributed by atoms with Crippen molar-refractivity contribution in [1.29, 1.82) is 0 Å². The molecule has 9 heteroatoms. The van der Waals surface area contributed by atoms with Crippen molar-refractivity contribution < 1.29 is 32.9 Å². The minimum absolute atomic E-state index is 0.0652. The van der Waals surface area contributed by atoms with Crippen molar-refractivity contribution in [3.8, 4) is 0 Å². The number of allylic oxidation sites excluding steroid dienone is 1. The number of hydrogen-bond donors (Lipinski definition) is 3. The molecule has 0 saturated carbocycles. The minimum atomic E-state index is -4.34. The summed E-state index contributed by atoms with van der Waals surface area (Å²) in [5.41, 5.74) is 0. The van der Waals surface area contributed by atoms with Gasteiger partial charge in [-0.05, 0) is 19.3 Å². The van der Waals surface area contributed by atoms with Gasteiger partial charge in [0.2, 0.25) is 5.91 Å². The smallest absolute Gasteiger partial charge is 0.387 e. The lowest BCUT2D eigenvalue weighted by molar-refractivity contribution is -0.870. The van der Waals surface area contributed by atoms with Crippen molar-refractivity contribution in [3.05, 3.63) is 12.2 Å². The fourth-order valence-electron chi connectivity index (χ4n) is 8.75. The zero-order valence-corrected chi connectivity index (χ0v) is 45.2. The first-order valence-corrected chi connectivity index (χ1v) is 30.1. The van der Waals surface area contributed by atoms with Crippen LogP contribution in [0.1, 0.15) is 290 Å². The van der Waals surface area contributed by atoms with Crippen LogP contribution in [0.3, 0.4) is 0 Å². The van der Waals surface area contributed by atoms with Crippen molar-refractivity contribution in [1.82, 2.24) is 5.32 Å². The number of unbranched alkanes of at least 4 members (excludes halogenated alkanes) is 40. The van der Waals surface area contributed by atoms with Gasteiger partial charge < -0.3 is 19.8 Å². The number of phosphoric ester groups is 1. The summed E-state index contributed by atoms with van der Waals surface area (Å²) in [5, 5.41) is 13.9. The molecule has 1 amide bonds. The van der Waals surface area contributed by atoms with Gasteiger partial charge in [0.05, 0.1) is 39.9 Å². The molecule has 0 aliphatic heterocycles. The zero-order chi connectivity index (χ0) is 47.8. The standard InChI is InChI=1S/C56H113N2O6P/c1-6-8-10-12-14-16-18-20-22-24-26-27-28-29-30-32-33-35-37-39-41-43-45-47-49-55(59)54(53-64-65(61,62)63-52-51-58(3,4)5)57-56(60)50-48-46-44-42-40-38-36-34-31-25-23-21-19-17-15-13-11-9-7-2/h47,49,54-55,59H,6-46,48,50-53H2,1-5H3,(H-,57,60,61,62)/p+1/b49-47+. The Morgan fingerprint density at radius 1 is 0.508 bits per heavy atom. The average molecular weight is 943 g/mol. The second kappa shape index (κ2) is 48.3. The molecule has 0 radical (unpaired) electrons. The van der Waals surface area contributed by atoms with Crippen LogP contribution in [0.2, 0.25) is 0 Å². The van der Waals surface area contributed by atoms with Gasteiger partial charge >= 0.3 is 7.82 Å². The third-order valence-electron chi connectivity index (χ3n) is 13.3. The third kappa shape index (κ3) is 50.9. The van der Waals surface area contributed by atoms with Gasteiger partial charge in [-0.15, -0.1) is 0 Å². The van der Waals surface area contributed by atoms with E-state index in [1.54, 1.807) is 6.08 Å². The molecule has 0 aromatic rings. The Hall–Kier alpha value is -0.760. The summed E-state index contributed by atoms with van der Waals surface area (Å²) in [4.78, 5) is 23.3. The van der Waals surface area contributed by atoms with Crippen LogP contribution in [-0.2, 0) is 18.4 Å². The Bertz CT molecular complexity index is 1070. The number of phosphoric acid groups is 1. The predicted octanol–water partition coefficient (Wildman–Crippen LogP) is 17.0. The number of nitrogens with one attached hydrogen (secondary N) is 1. The maximum atomic E-state index is 13.0. The lowest BCUT2D eigenvalue weighted by atomic mass is 10.0. The van der Waals surface area contributed by atoms with Gasteiger partial charge in [-0.1, -0.05) is 276 Å². The maximum Gasteiger partial charge on any atom is 0.472 e. The predicted molar refractivity (Wildman–Crippen MR) is 282 cm³/mol. The van der Waals surface area contributed by atoms with E-state index in [4.69, 9.17) is 9.05 Å². The summed E-state index contributed by atoms with van der Waals surface area (Å²) < 4.78 is 23.7. The molecule has 0 aromatic heterocycles. The highest BCUT2D eigenvalue weighted by Crippen LogP contribution is 2.43. The van der Waals surface area contributed by atoms with Crippen LogP contribution in [0.15, 0.2) is 12.2 Å². The Morgan fingerprint density at radius 2 is 0.815 bits per heavy atom. The van der Waals surface area contributed by atoms with Gasteiger partial charge in [-0.25, -0.2) is 4.57 Å². The van der Waals surface area contributed by atoms with Crippen molar-refractivity contribution in [2.45, 2.75) is 302 Å². The number of amides is 1. The molecular weight excluding hydrogens is 828 g/mol. The first-order chi connectivity index (χ1) is 31.5. The molecule has 0 aromatic carbocycles. The number of nitrogens with zero attached hydrogens (tertiary/aromatic N) is 1. The average Bonchev–Trinajstić information content (AvgIpc) is 3.26. The van der Waals surface area contributed by atoms with E-state index in [2.05, 4.69) is 19.2 Å². The van der Waals surface area contributed by atoms with Crippen LogP contribution in [0.4, 0.5) is 0 Å². The van der Waals surface area contributed by atoms with Crippen LogP contribution < -0.4 is 5.32 Å². The van der Waals surface area contributed by atoms with E-state index in [9.17, 15) is 19.4 Å². The van der Waals surface area contributed by atoms with Crippen LogP contribution in [-0.4, -0.2) is 73.4 Å². The Morgan fingerprint density at radius 3 is 1.14 bits per heavy atom.